The number of unbranched alkanes of at least 4 members (excludes halogenated alkanes) is 9. The molecular formula is C18H35O. The molecule has 0 bridgehead atoms. The van der Waals surface area contributed by atoms with Crippen LogP contribution >= 0.6 is 0 Å². The van der Waals surface area contributed by atoms with Gasteiger partial charge in [0.2, 0.25) is 0 Å². The molecule has 1 nitrogen and oxygen atoms in total. The van der Waals surface area contributed by atoms with Gasteiger partial charge in [-0.1, -0.05) is 90.4 Å². The summed E-state index contributed by atoms with van der Waals surface area (Å²) < 4.78 is 0. The predicted octanol–water partition coefficient (Wildman–Crippen LogP) is 6.43. The molecule has 0 aliphatic heterocycles. The third kappa shape index (κ3) is 8.68. The summed E-state index contributed by atoms with van der Waals surface area (Å²) in [6, 6.07) is 0. The van der Waals surface area contributed by atoms with Crippen molar-refractivity contribution in [2.24, 2.45) is 0 Å². The van der Waals surface area contributed by atoms with Crippen molar-refractivity contribution in [3.8, 4) is 0 Å². The predicted molar refractivity (Wildman–Crippen MR) is 83.0 cm³/mol. The molecular weight excluding hydrogens is 232 g/mol. The van der Waals surface area contributed by atoms with Gasteiger partial charge in [0.15, 0.2) is 0 Å². The highest BCUT2D eigenvalue weighted by atomic mass is 16.3. The lowest BCUT2D eigenvalue weighted by Crippen LogP contribution is -2.29. The van der Waals surface area contributed by atoms with Crippen molar-refractivity contribution in [1.82, 2.24) is 0 Å². The van der Waals surface area contributed by atoms with Crippen molar-refractivity contribution in [2.45, 2.75) is 115 Å². The molecule has 1 rings (SSSR count). The van der Waals surface area contributed by atoms with E-state index in [1.807, 2.05) is 0 Å². The Labute approximate surface area is 121 Å². The van der Waals surface area contributed by atoms with Gasteiger partial charge in [-0.25, -0.2) is 5.11 Å². The quantitative estimate of drug-likeness (QED) is 0.384. The van der Waals surface area contributed by atoms with Gasteiger partial charge in [0.05, 0.1) is 0 Å². The van der Waals surface area contributed by atoms with E-state index in [0.29, 0.717) is 0 Å². The van der Waals surface area contributed by atoms with Crippen molar-refractivity contribution in [3.63, 3.8) is 0 Å². The Bertz CT molecular complexity index is 194. The van der Waals surface area contributed by atoms with Gasteiger partial charge in [0.25, 0.3) is 0 Å². The van der Waals surface area contributed by atoms with E-state index in [-0.39, 0.29) is 0 Å². The van der Waals surface area contributed by atoms with Crippen LogP contribution in [0.3, 0.4) is 0 Å². The van der Waals surface area contributed by atoms with Crippen LogP contribution < -0.4 is 0 Å². The number of hydrogen-bond donors (Lipinski definition) is 0. The second kappa shape index (κ2) is 10.7. The Hall–Kier alpha value is -0.0400. The van der Waals surface area contributed by atoms with Crippen LogP contribution in [0.15, 0.2) is 0 Å². The first-order valence-corrected chi connectivity index (χ1v) is 8.97. The Morgan fingerprint density at radius 2 is 1.16 bits per heavy atom. The molecule has 0 aromatic carbocycles. The van der Waals surface area contributed by atoms with Crippen LogP contribution in [-0.2, 0) is 5.11 Å². The number of rotatable bonds is 11. The van der Waals surface area contributed by atoms with Crippen LogP contribution in [-0.4, -0.2) is 5.60 Å². The van der Waals surface area contributed by atoms with Crippen molar-refractivity contribution < 1.29 is 5.11 Å². The number of hydrogen-bond acceptors (Lipinski definition) is 0. The van der Waals surface area contributed by atoms with E-state index in [2.05, 4.69) is 6.92 Å². The van der Waals surface area contributed by atoms with E-state index in [4.69, 9.17) is 0 Å². The monoisotopic (exact) mass is 267 g/mol. The van der Waals surface area contributed by atoms with E-state index in [0.717, 1.165) is 19.3 Å². The minimum atomic E-state index is -0.529. The molecule has 0 heterocycles. The van der Waals surface area contributed by atoms with Gasteiger partial charge in [0.1, 0.15) is 5.60 Å². The first-order valence-electron chi connectivity index (χ1n) is 8.97. The van der Waals surface area contributed by atoms with Crippen LogP contribution in [0.1, 0.15) is 110 Å². The first-order chi connectivity index (χ1) is 9.27. The van der Waals surface area contributed by atoms with Crippen molar-refractivity contribution >= 4 is 0 Å². The summed E-state index contributed by atoms with van der Waals surface area (Å²) in [7, 11) is 0. The van der Waals surface area contributed by atoms with Gasteiger partial charge >= 0.3 is 0 Å². The summed E-state index contributed by atoms with van der Waals surface area (Å²) in [6.07, 6.45) is 20.1. The van der Waals surface area contributed by atoms with Gasteiger partial charge in [0, 0.05) is 0 Å². The van der Waals surface area contributed by atoms with Crippen molar-refractivity contribution in [2.75, 3.05) is 0 Å². The van der Waals surface area contributed by atoms with E-state index >= 15 is 0 Å². The molecule has 0 aromatic heterocycles. The van der Waals surface area contributed by atoms with Crippen LogP contribution in [0.2, 0.25) is 0 Å². The van der Waals surface area contributed by atoms with Crippen LogP contribution in [0.5, 0.6) is 0 Å². The average Bonchev–Trinajstić information content (AvgIpc) is 2.42. The molecule has 113 valence electrons. The lowest BCUT2D eigenvalue weighted by Gasteiger charge is -2.29. The van der Waals surface area contributed by atoms with Crippen molar-refractivity contribution in [1.29, 1.82) is 0 Å². The van der Waals surface area contributed by atoms with E-state index < -0.39 is 5.60 Å². The SMILES string of the molecule is CCCCCCCCCCCCC1([O])CCCCC1. The Balaban J connectivity index is 1.83. The second-order valence-corrected chi connectivity index (χ2v) is 6.68. The van der Waals surface area contributed by atoms with Gasteiger partial charge in [-0.05, 0) is 19.3 Å². The second-order valence-electron chi connectivity index (χ2n) is 6.68. The fraction of sp³-hybridized carbons (Fsp3) is 1.00. The summed E-state index contributed by atoms with van der Waals surface area (Å²) in [4.78, 5) is 0. The van der Waals surface area contributed by atoms with Gasteiger partial charge < -0.3 is 0 Å². The fourth-order valence-electron chi connectivity index (χ4n) is 3.38. The smallest absolute Gasteiger partial charge is 0.104 e. The molecule has 0 N–H and O–H groups in total. The van der Waals surface area contributed by atoms with Crippen molar-refractivity contribution in [3.05, 3.63) is 0 Å². The maximum atomic E-state index is 12.4. The van der Waals surface area contributed by atoms with Crippen LogP contribution in [0.25, 0.3) is 0 Å². The van der Waals surface area contributed by atoms with Gasteiger partial charge in [-0.2, -0.15) is 0 Å². The Kier molecular flexibility index (Phi) is 9.59. The highest BCUT2D eigenvalue weighted by Crippen LogP contribution is 2.33. The zero-order chi connectivity index (χ0) is 13.8. The van der Waals surface area contributed by atoms with Crippen LogP contribution in [0.4, 0.5) is 0 Å². The molecule has 1 fully saturated rings. The van der Waals surface area contributed by atoms with E-state index in [1.165, 1.54) is 83.5 Å². The molecule has 1 saturated carbocycles. The maximum Gasteiger partial charge on any atom is 0.104 e. The molecule has 1 aliphatic rings. The minimum Gasteiger partial charge on any atom is -0.229 e. The standard InChI is InChI=1S/C18H35O/c1-2-3-4-5-6-7-8-9-10-12-15-18(19)16-13-11-14-17-18/h2-17H2,1H3. The summed E-state index contributed by atoms with van der Waals surface area (Å²) in [6.45, 7) is 2.27. The molecule has 19 heavy (non-hydrogen) atoms. The topological polar surface area (TPSA) is 19.9 Å². The zero-order valence-electron chi connectivity index (χ0n) is 13.2. The minimum absolute atomic E-state index is 0.529. The highest BCUT2D eigenvalue weighted by molar-refractivity contribution is 4.81. The lowest BCUT2D eigenvalue weighted by molar-refractivity contribution is -0.0661. The molecule has 0 spiro atoms. The Morgan fingerprint density at radius 3 is 1.68 bits per heavy atom. The maximum absolute atomic E-state index is 12.4. The van der Waals surface area contributed by atoms with Crippen LogP contribution in [0, 0.1) is 0 Å². The zero-order valence-corrected chi connectivity index (χ0v) is 13.2. The van der Waals surface area contributed by atoms with Gasteiger partial charge in [-0.15, -0.1) is 0 Å². The van der Waals surface area contributed by atoms with Gasteiger partial charge in [-0.3, -0.25) is 0 Å². The van der Waals surface area contributed by atoms with E-state index in [9.17, 15) is 5.11 Å². The fourth-order valence-corrected chi connectivity index (χ4v) is 3.38. The lowest BCUT2D eigenvalue weighted by atomic mass is 9.81. The third-order valence-electron chi connectivity index (χ3n) is 4.75. The first kappa shape index (κ1) is 17.0. The molecule has 0 amide bonds. The largest absolute Gasteiger partial charge is 0.229 e. The third-order valence-corrected chi connectivity index (χ3v) is 4.75. The van der Waals surface area contributed by atoms with E-state index in [1.54, 1.807) is 0 Å². The summed E-state index contributed by atoms with van der Waals surface area (Å²) in [5, 5.41) is 12.4. The molecule has 0 saturated heterocycles. The average molecular weight is 267 g/mol. The molecule has 1 radical (unpaired) electrons. The normalized spacial score (nSPS) is 18.6. The highest BCUT2D eigenvalue weighted by Gasteiger charge is 2.30. The summed E-state index contributed by atoms with van der Waals surface area (Å²) in [5.41, 5.74) is -0.529. The summed E-state index contributed by atoms with van der Waals surface area (Å²) in [5.74, 6) is 0. The molecule has 1 aliphatic carbocycles. The molecule has 0 atom stereocenters. The molecule has 1 heteroatoms. The Morgan fingerprint density at radius 1 is 0.684 bits per heavy atom. The molecule has 0 unspecified atom stereocenters. The molecule has 0 aromatic rings. The summed E-state index contributed by atoms with van der Waals surface area (Å²) >= 11 is 0.